The topological polar surface area (TPSA) is 55.8 Å². The highest BCUT2D eigenvalue weighted by atomic mass is 32.2. The first kappa shape index (κ1) is 17.7. The third kappa shape index (κ3) is 3.07. The van der Waals surface area contributed by atoms with Gasteiger partial charge < -0.3 is 9.47 Å². The zero-order valence-corrected chi connectivity index (χ0v) is 15.5. The van der Waals surface area contributed by atoms with Crippen LogP contribution < -0.4 is 4.74 Å². The van der Waals surface area contributed by atoms with Crippen LogP contribution >= 0.6 is 0 Å². The van der Waals surface area contributed by atoms with Crippen molar-refractivity contribution in [3.8, 4) is 5.75 Å². The first-order chi connectivity index (χ1) is 11.4. The molecule has 0 bridgehead atoms. The van der Waals surface area contributed by atoms with Gasteiger partial charge in [0.2, 0.25) is 10.0 Å². The largest absolute Gasteiger partial charge is 0.497 e. The Morgan fingerprint density at radius 1 is 1.21 bits per heavy atom. The number of hydrogen-bond donors (Lipinski definition) is 0. The Balaban J connectivity index is 1.84. The SMILES string of the molecule is COc1ccc(S(=O)(=O)N2CCOC23CCC(C(C)C)CC3)cc1. The molecule has 0 unspecified atom stereocenters. The molecule has 1 heterocycles. The van der Waals surface area contributed by atoms with Crippen LogP contribution in [0, 0.1) is 11.8 Å². The first-order valence-corrected chi connectivity index (χ1v) is 10.1. The van der Waals surface area contributed by atoms with Gasteiger partial charge in [0, 0.05) is 6.54 Å². The van der Waals surface area contributed by atoms with Crippen molar-refractivity contribution in [1.29, 1.82) is 0 Å². The summed E-state index contributed by atoms with van der Waals surface area (Å²) in [6.45, 7) is 5.39. The molecule has 1 saturated carbocycles. The third-order valence-electron chi connectivity index (χ3n) is 5.52. The van der Waals surface area contributed by atoms with Crippen LogP contribution in [0.4, 0.5) is 0 Å². The summed E-state index contributed by atoms with van der Waals surface area (Å²) in [5, 5.41) is 0. The number of hydrogen-bond acceptors (Lipinski definition) is 4. The van der Waals surface area contributed by atoms with E-state index in [1.807, 2.05) is 0 Å². The molecule has 2 fully saturated rings. The van der Waals surface area contributed by atoms with Crippen molar-refractivity contribution in [3.63, 3.8) is 0 Å². The van der Waals surface area contributed by atoms with Crippen LogP contribution in [0.5, 0.6) is 5.75 Å². The van der Waals surface area contributed by atoms with E-state index < -0.39 is 15.7 Å². The van der Waals surface area contributed by atoms with Gasteiger partial charge in [-0.25, -0.2) is 8.42 Å². The highest BCUT2D eigenvalue weighted by Crippen LogP contribution is 2.44. The molecule has 134 valence electrons. The molecular weight excluding hydrogens is 326 g/mol. The lowest BCUT2D eigenvalue weighted by Crippen LogP contribution is -2.50. The maximum absolute atomic E-state index is 13.1. The lowest BCUT2D eigenvalue weighted by Gasteiger charge is -2.42. The van der Waals surface area contributed by atoms with E-state index in [1.165, 1.54) is 0 Å². The van der Waals surface area contributed by atoms with E-state index in [9.17, 15) is 8.42 Å². The van der Waals surface area contributed by atoms with E-state index >= 15 is 0 Å². The van der Waals surface area contributed by atoms with Crippen molar-refractivity contribution in [2.75, 3.05) is 20.3 Å². The second-order valence-electron chi connectivity index (χ2n) is 7.13. The average Bonchev–Trinajstić information content (AvgIpc) is 2.99. The maximum atomic E-state index is 13.1. The monoisotopic (exact) mass is 353 g/mol. The minimum atomic E-state index is -3.56. The molecule has 1 aromatic carbocycles. The van der Waals surface area contributed by atoms with E-state index in [4.69, 9.17) is 9.47 Å². The van der Waals surface area contributed by atoms with Gasteiger partial charge in [0.05, 0.1) is 18.6 Å². The minimum Gasteiger partial charge on any atom is -0.497 e. The van der Waals surface area contributed by atoms with Crippen molar-refractivity contribution < 1.29 is 17.9 Å². The molecule has 0 atom stereocenters. The highest BCUT2D eigenvalue weighted by molar-refractivity contribution is 7.89. The van der Waals surface area contributed by atoms with E-state index in [2.05, 4.69) is 13.8 Å². The normalized spacial score (nSPS) is 28.6. The van der Waals surface area contributed by atoms with E-state index in [1.54, 1.807) is 35.7 Å². The Kier molecular flexibility index (Phi) is 4.91. The lowest BCUT2D eigenvalue weighted by molar-refractivity contribution is -0.0876. The van der Waals surface area contributed by atoms with Gasteiger partial charge in [-0.3, -0.25) is 0 Å². The Morgan fingerprint density at radius 2 is 1.83 bits per heavy atom. The summed E-state index contributed by atoms with van der Waals surface area (Å²) in [5.41, 5.74) is -0.649. The first-order valence-electron chi connectivity index (χ1n) is 8.70. The fourth-order valence-corrected chi connectivity index (χ4v) is 5.68. The molecule has 1 spiro atoms. The van der Waals surface area contributed by atoms with Crippen molar-refractivity contribution >= 4 is 10.0 Å². The third-order valence-corrected chi connectivity index (χ3v) is 7.48. The summed E-state index contributed by atoms with van der Waals surface area (Å²) in [5.74, 6) is 1.94. The van der Waals surface area contributed by atoms with Gasteiger partial charge in [-0.05, 0) is 61.8 Å². The Bertz CT molecular complexity index is 661. The molecule has 3 rings (SSSR count). The molecule has 1 aromatic rings. The number of benzene rings is 1. The zero-order valence-electron chi connectivity index (χ0n) is 14.7. The van der Waals surface area contributed by atoms with Crippen molar-refractivity contribution in [2.24, 2.45) is 11.8 Å². The van der Waals surface area contributed by atoms with Crippen LogP contribution in [0.25, 0.3) is 0 Å². The number of nitrogens with zero attached hydrogens (tertiary/aromatic N) is 1. The summed E-state index contributed by atoms with van der Waals surface area (Å²) in [7, 11) is -1.99. The van der Waals surface area contributed by atoms with E-state index in [-0.39, 0.29) is 0 Å². The smallest absolute Gasteiger partial charge is 0.245 e. The van der Waals surface area contributed by atoms with Gasteiger partial charge in [-0.1, -0.05) is 13.8 Å². The summed E-state index contributed by atoms with van der Waals surface area (Å²) in [6.07, 6.45) is 3.61. The van der Waals surface area contributed by atoms with Crippen LogP contribution in [-0.4, -0.2) is 38.7 Å². The van der Waals surface area contributed by atoms with Crippen LogP contribution in [-0.2, 0) is 14.8 Å². The molecule has 1 saturated heterocycles. The molecule has 5 nitrogen and oxygen atoms in total. The predicted molar refractivity (Wildman–Crippen MR) is 92.4 cm³/mol. The molecule has 1 aliphatic heterocycles. The van der Waals surface area contributed by atoms with Crippen LogP contribution in [0.1, 0.15) is 39.5 Å². The lowest BCUT2D eigenvalue weighted by atomic mass is 9.78. The fraction of sp³-hybridized carbons (Fsp3) is 0.667. The summed E-state index contributed by atoms with van der Waals surface area (Å²) in [4.78, 5) is 0.305. The van der Waals surface area contributed by atoms with Crippen molar-refractivity contribution in [3.05, 3.63) is 24.3 Å². The summed E-state index contributed by atoms with van der Waals surface area (Å²) in [6, 6.07) is 6.60. The van der Waals surface area contributed by atoms with Crippen molar-refractivity contribution in [1.82, 2.24) is 4.31 Å². The number of ether oxygens (including phenoxy) is 2. The highest BCUT2D eigenvalue weighted by Gasteiger charge is 2.50. The standard InChI is InChI=1S/C18H27NO4S/c1-14(2)15-8-10-18(11-9-15)19(12-13-23-18)24(20,21)17-6-4-16(22-3)5-7-17/h4-7,14-15H,8-13H2,1-3H3. The number of sulfonamides is 1. The quantitative estimate of drug-likeness (QED) is 0.834. The number of rotatable bonds is 4. The van der Waals surface area contributed by atoms with E-state index in [0.29, 0.717) is 35.6 Å². The summed E-state index contributed by atoms with van der Waals surface area (Å²) >= 11 is 0. The molecule has 0 aromatic heterocycles. The minimum absolute atomic E-state index is 0.305. The van der Waals surface area contributed by atoms with Gasteiger partial charge in [-0.2, -0.15) is 4.31 Å². The molecular formula is C18H27NO4S. The fourth-order valence-electron chi connectivity index (χ4n) is 3.96. The average molecular weight is 353 g/mol. The molecule has 0 amide bonds. The Labute approximate surface area is 145 Å². The predicted octanol–water partition coefficient (Wildman–Crippen LogP) is 3.26. The van der Waals surface area contributed by atoms with Crippen LogP contribution in [0.3, 0.4) is 0 Å². The second-order valence-corrected chi connectivity index (χ2v) is 8.99. The van der Waals surface area contributed by atoms with Gasteiger partial charge >= 0.3 is 0 Å². The van der Waals surface area contributed by atoms with Crippen LogP contribution in [0.15, 0.2) is 29.2 Å². The molecule has 0 N–H and O–H groups in total. The van der Waals surface area contributed by atoms with E-state index in [0.717, 1.165) is 25.7 Å². The Hall–Kier alpha value is -1.11. The van der Waals surface area contributed by atoms with Crippen molar-refractivity contribution in [2.45, 2.75) is 50.2 Å². The van der Waals surface area contributed by atoms with Crippen LogP contribution in [0.2, 0.25) is 0 Å². The zero-order chi connectivity index (χ0) is 17.4. The summed E-state index contributed by atoms with van der Waals surface area (Å²) < 4.78 is 39.0. The molecule has 24 heavy (non-hydrogen) atoms. The molecule has 2 aliphatic rings. The second kappa shape index (κ2) is 6.65. The molecule has 6 heteroatoms. The molecule has 0 radical (unpaired) electrons. The van der Waals surface area contributed by atoms with Gasteiger partial charge in [-0.15, -0.1) is 0 Å². The van der Waals surface area contributed by atoms with Gasteiger partial charge in [0.25, 0.3) is 0 Å². The Morgan fingerprint density at radius 3 is 2.38 bits per heavy atom. The van der Waals surface area contributed by atoms with Gasteiger partial charge in [0.1, 0.15) is 11.5 Å². The molecule has 1 aliphatic carbocycles. The van der Waals surface area contributed by atoms with Gasteiger partial charge in [0.15, 0.2) is 0 Å². The number of methoxy groups -OCH3 is 1. The maximum Gasteiger partial charge on any atom is 0.245 e.